The van der Waals surface area contributed by atoms with E-state index in [4.69, 9.17) is 0 Å². The molecule has 9 heteroatoms. The molecular weight excluding hydrogens is 340 g/mol. The summed E-state index contributed by atoms with van der Waals surface area (Å²) < 4.78 is 26.6. The molecule has 3 heterocycles. The van der Waals surface area contributed by atoms with E-state index in [0.29, 0.717) is 36.2 Å². The van der Waals surface area contributed by atoms with Crippen molar-refractivity contribution in [3.63, 3.8) is 0 Å². The minimum Gasteiger partial charge on any atom is -0.258 e. The van der Waals surface area contributed by atoms with E-state index in [-0.39, 0.29) is 6.42 Å². The summed E-state index contributed by atoms with van der Waals surface area (Å²) in [5.41, 5.74) is 1.48. The van der Waals surface area contributed by atoms with E-state index in [2.05, 4.69) is 30.2 Å². The third-order valence-electron chi connectivity index (χ3n) is 4.36. The highest BCUT2D eigenvalue weighted by molar-refractivity contribution is 5.58. The van der Waals surface area contributed by atoms with Gasteiger partial charge in [0.25, 0.3) is 0 Å². The second kappa shape index (κ2) is 7.27. The summed E-state index contributed by atoms with van der Waals surface area (Å²) in [6, 6.07) is 3.72. The van der Waals surface area contributed by atoms with Gasteiger partial charge in [-0.1, -0.05) is 0 Å². The fourth-order valence-corrected chi connectivity index (χ4v) is 2.82. The smallest absolute Gasteiger partial charge is 0.238 e. The van der Waals surface area contributed by atoms with E-state index >= 15 is 0 Å². The van der Waals surface area contributed by atoms with Gasteiger partial charge in [-0.25, -0.2) is 23.4 Å². The van der Waals surface area contributed by atoms with Crippen molar-refractivity contribution in [2.24, 2.45) is 5.92 Å². The SMILES string of the molecule is FC(F)CCCn1nc(CC2CC2)nc1-c1ccc(-c2ncn[nH]2)nc1. The van der Waals surface area contributed by atoms with Crippen LogP contribution in [-0.4, -0.2) is 41.4 Å². The minimum atomic E-state index is -2.30. The van der Waals surface area contributed by atoms with Crippen LogP contribution in [0, 0.1) is 5.92 Å². The Hall–Kier alpha value is -2.71. The molecule has 0 aliphatic heterocycles. The molecule has 0 saturated heterocycles. The molecule has 0 radical (unpaired) electrons. The van der Waals surface area contributed by atoms with Crippen LogP contribution in [0.4, 0.5) is 8.78 Å². The topological polar surface area (TPSA) is 85.2 Å². The first kappa shape index (κ1) is 16.7. The molecule has 0 bridgehead atoms. The highest BCUT2D eigenvalue weighted by atomic mass is 19.3. The van der Waals surface area contributed by atoms with Crippen LogP contribution in [0.3, 0.4) is 0 Å². The first-order valence-corrected chi connectivity index (χ1v) is 8.73. The van der Waals surface area contributed by atoms with Gasteiger partial charge in [-0.05, 0) is 37.3 Å². The van der Waals surface area contributed by atoms with Crippen LogP contribution in [0.15, 0.2) is 24.7 Å². The van der Waals surface area contributed by atoms with Gasteiger partial charge >= 0.3 is 0 Å². The second-order valence-corrected chi connectivity index (χ2v) is 6.52. The van der Waals surface area contributed by atoms with Gasteiger partial charge in [0.05, 0.1) is 0 Å². The number of pyridine rings is 1. The van der Waals surface area contributed by atoms with Crippen LogP contribution in [-0.2, 0) is 13.0 Å². The number of rotatable bonds is 8. The Morgan fingerprint density at radius 1 is 1.23 bits per heavy atom. The highest BCUT2D eigenvalue weighted by Crippen LogP contribution is 2.32. The van der Waals surface area contributed by atoms with E-state index in [9.17, 15) is 8.78 Å². The number of alkyl halides is 2. The average molecular weight is 359 g/mol. The van der Waals surface area contributed by atoms with Gasteiger partial charge in [0.15, 0.2) is 17.5 Å². The first-order chi connectivity index (χ1) is 12.7. The summed E-state index contributed by atoms with van der Waals surface area (Å²) in [5.74, 6) is 2.70. The number of hydrogen-bond acceptors (Lipinski definition) is 5. The monoisotopic (exact) mass is 359 g/mol. The van der Waals surface area contributed by atoms with Crippen molar-refractivity contribution in [1.29, 1.82) is 0 Å². The molecule has 7 nitrogen and oxygen atoms in total. The molecule has 0 amide bonds. The third-order valence-corrected chi connectivity index (χ3v) is 4.36. The molecule has 1 fully saturated rings. The van der Waals surface area contributed by atoms with E-state index < -0.39 is 6.43 Å². The zero-order valence-electron chi connectivity index (χ0n) is 14.1. The van der Waals surface area contributed by atoms with Gasteiger partial charge in [0.1, 0.15) is 12.0 Å². The fourth-order valence-electron chi connectivity index (χ4n) is 2.82. The van der Waals surface area contributed by atoms with Gasteiger partial charge in [-0.15, -0.1) is 0 Å². The maximum atomic E-state index is 12.5. The lowest BCUT2D eigenvalue weighted by molar-refractivity contribution is 0.132. The van der Waals surface area contributed by atoms with Gasteiger partial charge in [-0.2, -0.15) is 10.2 Å². The van der Waals surface area contributed by atoms with Gasteiger partial charge in [0.2, 0.25) is 6.43 Å². The number of nitrogens with zero attached hydrogens (tertiary/aromatic N) is 6. The Kier molecular flexibility index (Phi) is 4.68. The molecule has 26 heavy (non-hydrogen) atoms. The number of H-pyrrole nitrogens is 1. The van der Waals surface area contributed by atoms with E-state index in [1.54, 1.807) is 10.9 Å². The zero-order valence-corrected chi connectivity index (χ0v) is 14.1. The van der Waals surface area contributed by atoms with Crippen molar-refractivity contribution < 1.29 is 8.78 Å². The lowest BCUT2D eigenvalue weighted by Gasteiger charge is -2.06. The standard InChI is InChI=1S/C17H19F2N7/c18-14(19)2-1-7-26-17(23-15(25-26)8-11-3-4-11)12-5-6-13(20-9-12)16-21-10-22-24-16/h5-6,9-11,14H,1-4,7-8H2,(H,21,22,24). The molecule has 3 aromatic heterocycles. The number of halogens is 2. The summed E-state index contributed by atoms with van der Waals surface area (Å²) in [7, 11) is 0. The molecule has 1 saturated carbocycles. The largest absolute Gasteiger partial charge is 0.258 e. The highest BCUT2D eigenvalue weighted by Gasteiger charge is 2.24. The molecule has 1 N–H and O–H groups in total. The predicted octanol–water partition coefficient (Wildman–Crippen LogP) is 3.12. The van der Waals surface area contributed by atoms with Gasteiger partial charge < -0.3 is 0 Å². The van der Waals surface area contributed by atoms with Gasteiger partial charge in [0, 0.05) is 31.1 Å². The van der Waals surface area contributed by atoms with Crippen LogP contribution in [0.25, 0.3) is 22.9 Å². The van der Waals surface area contributed by atoms with Crippen molar-refractivity contribution in [1.82, 2.24) is 34.9 Å². The fraction of sp³-hybridized carbons (Fsp3) is 0.471. The molecular formula is C17H19F2N7. The third kappa shape index (κ3) is 3.92. The van der Waals surface area contributed by atoms with E-state index in [1.807, 2.05) is 12.1 Å². The van der Waals surface area contributed by atoms with E-state index in [1.165, 1.54) is 19.2 Å². The Balaban J connectivity index is 1.57. The lowest BCUT2D eigenvalue weighted by Crippen LogP contribution is -2.05. The normalized spacial score (nSPS) is 14.3. The Bertz CT molecular complexity index is 839. The number of aromatic nitrogens is 7. The summed E-state index contributed by atoms with van der Waals surface area (Å²) in [6.45, 7) is 0.418. The Labute approximate surface area is 148 Å². The molecule has 0 spiro atoms. The van der Waals surface area contributed by atoms with Crippen molar-refractivity contribution in [3.05, 3.63) is 30.5 Å². The molecule has 1 aliphatic rings. The van der Waals surface area contributed by atoms with Gasteiger partial charge in [-0.3, -0.25) is 10.1 Å². The molecule has 136 valence electrons. The molecule has 4 rings (SSSR count). The van der Waals surface area contributed by atoms with Crippen molar-refractivity contribution in [2.75, 3.05) is 0 Å². The van der Waals surface area contributed by atoms with Crippen LogP contribution >= 0.6 is 0 Å². The summed E-state index contributed by atoms with van der Waals surface area (Å²) >= 11 is 0. The lowest BCUT2D eigenvalue weighted by atomic mass is 10.2. The van der Waals surface area contributed by atoms with Crippen molar-refractivity contribution in [3.8, 4) is 22.9 Å². The van der Waals surface area contributed by atoms with Crippen molar-refractivity contribution >= 4 is 0 Å². The molecule has 1 aliphatic carbocycles. The second-order valence-electron chi connectivity index (χ2n) is 6.52. The maximum Gasteiger partial charge on any atom is 0.238 e. The van der Waals surface area contributed by atoms with E-state index in [0.717, 1.165) is 17.8 Å². The van der Waals surface area contributed by atoms with Crippen LogP contribution in [0.5, 0.6) is 0 Å². The van der Waals surface area contributed by atoms with Crippen LogP contribution in [0.2, 0.25) is 0 Å². The summed E-state index contributed by atoms with van der Waals surface area (Å²) in [5, 5.41) is 11.1. The quantitative estimate of drug-likeness (QED) is 0.668. The Morgan fingerprint density at radius 2 is 2.12 bits per heavy atom. The molecule has 0 atom stereocenters. The number of nitrogens with one attached hydrogen (secondary N) is 1. The first-order valence-electron chi connectivity index (χ1n) is 8.73. The summed E-state index contributed by atoms with van der Waals surface area (Å²) in [6.07, 6.45) is 4.32. The Morgan fingerprint density at radius 3 is 2.77 bits per heavy atom. The predicted molar refractivity (Wildman–Crippen MR) is 90.3 cm³/mol. The number of aromatic amines is 1. The number of aryl methyl sites for hydroxylation is 1. The van der Waals surface area contributed by atoms with Crippen molar-refractivity contribution in [2.45, 2.75) is 45.1 Å². The summed E-state index contributed by atoms with van der Waals surface area (Å²) in [4.78, 5) is 13.1. The zero-order chi connectivity index (χ0) is 17.9. The molecule has 3 aromatic rings. The van der Waals surface area contributed by atoms with Crippen LogP contribution in [0.1, 0.15) is 31.5 Å². The van der Waals surface area contributed by atoms with Crippen LogP contribution < -0.4 is 0 Å². The molecule has 0 unspecified atom stereocenters. The molecule has 0 aromatic carbocycles. The average Bonchev–Trinajstić information content (AvgIpc) is 3.11. The number of hydrogen-bond donors (Lipinski definition) is 1. The minimum absolute atomic E-state index is 0.139. The maximum absolute atomic E-state index is 12.5.